The first-order valence-electron chi connectivity index (χ1n) is 11.8. The van der Waals surface area contributed by atoms with Crippen LogP contribution in [0, 0.1) is 23.6 Å². The first-order valence-corrected chi connectivity index (χ1v) is 12.8. The van der Waals surface area contributed by atoms with Crippen LogP contribution in [0.15, 0.2) is 59.8 Å². The zero-order chi connectivity index (χ0) is 22.8. The molecule has 5 nitrogen and oxygen atoms in total. The summed E-state index contributed by atoms with van der Waals surface area (Å²) in [5, 5.41) is 20.3. The van der Waals surface area contributed by atoms with Gasteiger partial charge in [-0.1, -0.05) is 60.6 Å². The maximum absolute atomic E-state index is 14.1. The van der Waals surface area contributed by atoms with E-state index < -0.39 is 6.10 Å². The molecule has 2 aromatic carbocycles. The van der Waals surface area contributed by atoms with E-state index in [2.05, 4.69) is 21.7 Å². The summed E-state index contributed by atoms with van der Waals surface area (Å²) in [7, 11) is 0. The van der Waals surface area contributed by atoms with Gasteiger partial charge in [0.15, 0.2) is 22.5 Å². The van der Waals surface area contributed by atoms with Crippen molar-refractivity contribution < 1.29 is 14.2 Å². The van der Waals surface area contributed by atoms with Crippen molar-refractivity contribution in [2.24, 2.45) is 17.8 Å². The van der Waals surface area contributed by atoms with Crippen LogP contribution < -0.4 is 4.74 Å². The SMILES string of the molecule is C[C@H]([C@H]1C[C@H]2CC[C@H]1C2)n1c(COc2ccccc2F)nnc1SC[C@@H](O)c1ccccc1. The second-order valence-corrected chi connectivity index (χ2v) is 10.3. The number of benzene rings is 2. The second kappa shape index (κ2) is 9.85. The van der Waals surface area contributed by atoms with Gasteiger partial charge < -0.3 is 9.84 Å². The van der Waals surface area contributed by atoms with E-state index in [4.69, 9.17) is 4.74 Å². The number of aliphatic hydroxyl groups is 1. The smallest absolute Gasteiger partial charge is 0.191 e. The average molecular weight is 468 g/mol. The molecule has 2 bridgehead atoms. The minimum absolute atomic E-state index is 0.154. The number of nitrogens with zero attached hydrogens (tertiary/aromatic N) is 3. The van der Waals surface area contributed by atoms with Crippen molar-refractivity contribution in [3.05, 3.63) is 71.8 Å². The molecule has 1 aromatic heterocycles. The van der Waals surface area contributed by atoms with Crippen LogP contribution in [0.4, 0.5) is 4.39 Å². The van der Waals surface area contributed by atoms with Gasteiger partial charge >= 0.3 is 0 Å². The zero-order valence-corrected chi connectivity index (χ0v) is 19.6. The molecule has 3 aromatic rings. The zero-order valence-electron chi connectivity index (χ0n) is 18.8. The predicted octanol–water partition coefficient (Wildman–Crippen LogP) is 5.82. The number of hydrogen-bond acceptors (Lipinski definition) is 5. The Morgan fingerprint density at radius 2 is 1.88 bits per heavy atom. The van der Waals surface area contributed by atoms with E-state index in [1.165, 1.54) is 43.5 Å². The fourth-order valence-corrected chi connectivity index (χ4v) is 6.63. The monoisotopic (exact) mass is 467 g/mol. The van der Waals surface area contributed by atoms with Crippen LogP contribution in [0.25, 0.3) is 0 Å². The highest BCUT2D eigenvalue weighted by Gasteiger charge is 2.43. The number of aliphatic hydroxyl groups excluding tert-OH is 1. The van der Waals surface area contributed by atoms with Gasteiger partial charge in [0, 0.05) is 11.8 Å². The van der Waals surface area contributed by atoms with Gasteiger partial charge in [0.05, 0.1) is 6.10 Å². The summed E-state index contributed by atoms with van der Waals surface area (Å²) in [6.45, 7) is 2.40. The van der Waals surface area contributed by atoms with Gasteiger partial charge in [-0.05, 0) is 61.6 Å². The van der Waals surface area contributed by atoms with E-state index >= 15 is 0 Å². The van der Waals surface area contributed by atoms with Crippen molar-refractivity contribution in [1.29, 1.82) is 0 Å². The molecule has 2 aliphatic rings. The number of hydrogen-bond donors (Lipinski definition) is 1. The van der Waals surface area contributed by atoms with E-state index in [1.807, 2.05) is 30.3 Å². The van der Waals surface area contributed by atoms with E-state index in [-0.39, 0.29) is 24.2 Å². The Balaban J connectivity index is 1.36. The molecule has 0 aliphatic heterocycles. The summed E-state index contributed by atoms with van der Waals surface area (Å²) in [5.41, 5.74) is 0.889. The van der Waals surface area contributed by atoms with Crippen molar-refractivity contribution in [2.45, 2.75) is 56.5 Å². The molecular formula is C26H30FN3O2S. The maximum atomic E-state index is 14.1. The summed E-state index contributed by atoms with van der Waals surface area (Å²) < 4.78 is 22.0. The summed E-state index contributed by atoms with van der Waals surface area (Å²) in [4.78, 5) is 0. The molecule has 0 radical (unpaired) electrons. The lowest BCUT2D eigenvalue weighted by molar-refractivity contribution is 0.203. The molecule has 0 amide bonds. The third-order valence-corrected chi connectivity index (χ3v) is 8.32. The Hall–Kier alpha value is -2.38. The molecule has 2 saturated carbocycles. The number of rotatable bonds is 9. The number of para-hydroxylation sites is 1. The highest BCUT2D eigenvalue weighted by Crippen LogP contribution is 2.52. The Kier molecular flexibility index (Phi) is 6.69. The van der Waals surface area contributed by atoms with Gasteiger partial charge in [-0.2, -0.15) is 0 Å². The topological polar surface area (TPSA) is 60.2 Å². The maximum Gasteiger partial charge on any atom is 0.191 e. The minimum atomic E-state index is -0.586. The van der Waals surface area contributed by atoms with Crippen molar-refractivity contribution in [1.82, 2.24) is 14.8 Å². The molecule has 2 fully saturated rings. The van der Waals surface area contributed by atoms with Crippen molar-refractivity contribution in [3.63, 3.8) is 0 Å². The fraction of sp³-hybridized carbons (Fsp3) is 0.462. The molecule has 5 rings (SSSR count). The lowest BCUT2D eigenvalue weighted by atomic mass is 9.84. The number of fused-ring (bicyclic) bond motifs is 2. The van der Waals surface area contributed by atoms with Gasteiger partial charge in [0.25, 0.3) is 0 Å². The standard InChI is InChI=1S/C26H30FN3O2S/c1-17(21-14-18-11-12-20(21)13-18)30-25(15-32-24-10-6-5-9-22(24)27)28-29-26(30)33-16-23(31)19-7-3-2-4-8-19/h2-10,17-18,20-21,23,31H,11-16H2,1H3/t17-,18+,20+,21-,23-/m1/s1. The first kappa shape index (κ1) is 22.4. The Morgan fingerprint density at radius 1 is 1.09 bits per heavy atom. The molecule has 174 valence electrons. The van der Waals surface area contributed by atoms with E-state index in [0.717, 1.165) is 22.6 Å². The number of halogens is 1. The Morgan fingerprint density at radius 3 is 2.61 bits per heavy atom. The van der Waals surface area contributed by atoms with Gasteiger partial charge in [-0.25, -0.2) is 4.39 Å². The van der Waals surface area contributed by atoms with Gasteiger partial charge in [-0.3, -0.25) is 4.57 Å². The number of aromatic nitrogens is 3. The second-order valence-electron chi connectivity index (χ2n) is 9.30. The highest BCUT2D eigenvalue weighted by molar-refractivity contribution is 7.99. The Bertz CT molecular complexity index is 1080. The molecule has 0 saturated heterocycles. The quantitative estimate of drug-likeness (QED) is 0.402. The van der Waals surface area contributed by atoms with Crippen molar-refractivity contribution in [3.8, 4) is 5.75 Å². The predicted molar refractivity (Wildman–Crippen MR) is 127 cm³/mol. The van der Waals surface area contributed by atoms with Crippen LogP contribution in [0.1, 0.15) is 56.1 Å². The van der Waals surface area contributed by atoms with E-state index in [9.17, 15) is 9.50 Å². The third kappa shape index (κ3) is 4.80. The van der Waals surface area contributed by atoms with Crippen LogP contribution in [0.2, 0.25) is 0 Å². The molecule has 7 heteroatoms. The molecule has 33 heavy (non-hydrogen) atoms. The molecule has 1 N–H and O–H groups in total. The molecule has 1 heterocycles. The molecule has 0 spiro atoms. The molecular weight excluding hydrogens is 437 g/mol. The summed E-state index contributed by atoms with van der Waals surface area (Å²) >= 11 is 1.51. The summed E-state index contributed by atoms with van der Waals surface area (Å²) in [5.74, 6) is 3.20. The number of thioether (sulfide) groups is 1. The lowest BCUT2D eigenvalue weighted by Gasteiger charge is -2.30. The Labute approximate surface area is 198 Å². The van der Waals surface area contributed by atoms with Gasteiger partial charge in [0.2, 0.25) is 0 Å². The average Bonchev–Trinajstić information content (AvgIpc) is 3.58. The molecule has 5 atom stereocenters. The van der Waals surface area contributed by atoms with Crippen LogP contribution in [-0.4, -0.2) is 25.6 Å². The van der Waals surface area contributed by atoms with Crippen LogP contribution in [0.5, 0.6) is 5.75 Å². The summed E-state index contributed by atoms with van der Waals surface area (Å²) in [6.07, 6.45) is 4.64. The van der Waals surface area contributed by atoms with Crippen LogP contribution in [-0.2, 0) is 6.61 Å². The van der Waals surface area contributed by atoms with Crippen molar-refractivity contribution in [2.75, 3.05) is 5.75 Å². The van der Waals surface area contributed by atoms with Gasteiger partial charge in [0.1, 0.15) is 6.61 Å². The van der Waals surface area contributed by atoms with E-state index in [0.29, 0.717) is 17.5 Å². The van der Waals surface area contributed by atoms with Crippen molar-refractivity contribution >= 4 is 11.8 Å². The van der Waals surface area contributed by atoms with Crippen LogP contribution in [0.3, 0.4) is 0 Å². The molecule has 2 aliphatic carbocycles. The highest BCUT2D eigenvalue weighted by atomic mass is 32.2. The first-order chi connectivity index (χ1) is 16.1. The van der Waals surface area contributed by atoms with Crippen LogP contribution >= 0.6 is 11.8 Å². The largest absolute Gasteiger partial charge is 0.483 e. The lowest BCUT2D eigenvalue weighted by Crippen LogP contribution is -2.24. The van der Waals surface area contributed by atoms with E-state index in [1.54, 1.807) is 18.2 Å². The minimum Gasteiger partial charge on any atom is -0.483 e. The van der Waals surface area contributed by atoms with Gasteiger partial charge in [-0.15, -0.1) is 10.2 Å². The molecule has 0 unspecified atom stereocenters. The fourth-order valence-electron chi connectivity index (χ4n) is 5.62. The number of ether oxygens (including phenoxy) is 1. The summed E-state index contributed by atoms with van der Waals surface area (Å²) in [6, 6.07) is 16.3. The third-order valence-electron chi connectivity index (χ3n) is 7.30. The normalized spacial score (nSPS) is 23.5.